The largest absolute Gasteiger partial charge is 0.480 e. The van der Waals surface area contributed by atoms with Gasteiger partial charge in [-0.3, -0.25) is 4.79 Å². The molecule has 0 spiro atoms. The van der Waals surface area contributed by atoms with Crippen LogP contribution in [-0.2, 0) is 9.59 Å². The summed E-state index contributed by atoms with van der Waals surface area (Å²) in [4.78, 5) is 34.8. The highest BCUT2D eigenvalue weighted by Crippen LogP contribution is 2.01. The number of nitrogens with zero attached hydrogens (tertiary/aromatic N) is 1. The summed E-state index contributed by atoms with van der Waals surface area (Å²) in [5, 5.41) is 11.1. The third-order valence-corrected chi connectivity index (χ3v) is 2.21. The highest BCUT2D eigenvalue weighted by molar-refractivity contribution is 5.87. The van der Waals surface area contributed by atoms with Crippen LogP contribution >= 0.6 is 0 Å². The molecule has 0 heterocycles. The molecule has 4 N–H and O–H groups in total. The van der Waals surface area contributed by atoms with E-state index in [0.29, 0.717) is 0 Å². The molecule has 7 nitrogen and oxygen atoms in total. The maximum Gasteiger partial charge on any atom is 0.326 e. The highest BCUT2D eigenvalue weighted by atomic mass is 16.4. The first-order valence-corrected chi connectivity index (χ1v) is 5.48. The van der Waals surface area contributed by atoms with Gasteiger partial charge in [-0.25, -0.2) is 9.59 Å². The number of carboxylic acid groups (broad SMARTS) is 1. The zero-order valence-electron chi connectivity index (χ0n) is 10.5. The van der Waals surface area contributed by atoms with Gasteiger partial charge in [0.15, 0.2) is 0 Å². The number of carboxylic acids is 1. The van der Waals surface area contributed by atoms with Crippen LogP contribution in [0.15, 0.2) is 12.7 Å². The number of rotatable bonds is 7. The molecule has 7 heteroatoms. The topological polar surface area (TPSA) is 113 Å². The van der Waals surface area contributed by atoms with Crippen molar-refractivity contribution >= 4 is 17.9 Å². The fourth-order valence-corrected chi connectivity index (χ4v) is 1.30. The molecule has 3 amide bonds. The molecule has 0 rings (SSSR count). The van der Waals surface area contributed by atoms with E-state index in [0.717, 1.165) is 0 Å². The second kappa shape index (κ2) is 7.31. The number of nitrogens with one attached hydrogen (secondary N) is 1. The Morgan fingerprint density at radius 2 is 2.00 bits per heavy atom. The number of primary amides is 1. The van der Waals surface area contributed by atoms with Gasteiger partial charge in [0, 0.05) is 12.6 Å². The summed E-state index contributed by atoms with van der Waals surface area (Å²) < 4.78 is 0. The van der Waals surface area contributed by atoms with Gasteiger partial charge in [0.1, 0.15) is 6.04 Å². The summed E-state index contributed by atoms with van der Waals surface area (Å²) in [6.45, 7) is 7.37. The van der Waals surface area contributed by atoms with Crippen LogP contribution in [0.4, 0.5) is 4.79 Å². The van der Waals surface area contributed by atoms with Crippen LogP contribution in [0.2, 0.25) is 0 Å². The predicted octanol–water partition coefficient (Wildman–Crippen LogP) is -0.0790. The predicted molar refractivity (Wildman–Crippen MR) is 65.8 cm³/mol. The van der Waals surface area contributed by atoms with Gasteiger partial charge >= 0.3 is 12.0 Å². The number of carbonyl (C=O) groups excluding carboxylic acids is 2. The standard InChI is InChI=1S/C11H19N3O4/c1-4-5-14(7(2)3)11(18)13-8(10(16)17)6-9(12)15/h4,7-8H,1,5-6H2,2-3H3,(H2,12,15)(H,13,18)(H,16,17)/t8-/m0/s1. The third-order valence-electron chi connectivity index (χ3n) is 2.21. The van der Waals surface area contributed by atoms with E-state index in [1.165, 1.54) is 11.0 Å². The lowest BCUT2D eigenvalue weighted by Crippen LogP contribution is -2.51. The Hall–Kier alpha value is -2.05. The zero-order valence-corrected chi connectivity index (χ0v) is 10.5. The van der Waals surface area contributed by atoms with E-state index in [1.54, 1.807) is 13.8 Å². The molecule has 102 valence electrons. The molecule has 1 atom stereocenters. The van der Waals surface area contributed by atoms with Crippen molar-refractivity contribution in [3.05, 3.63) is 12.7 Å². The molecule has 0 bridgehead atoms. The third kappa shape index (κ3) is 5.33. The summed E-state index contributed by atoms with van der Waals surface area (Å²) in [6, 6.07) is -2.01. The lowest BCUT2D eigenvalue weighted by Gasteiger charge is -2.27. The molecule has 18 heavy (non-hydrogen) atoms. The van der Waals surface area contributed by atoms with Crippen LogP contribution in [0.1, 0.15) is 20.3 Å². The summed E-state index contributed by atoms with van der Waals surface area (Å²) in [7, 11) is 0. The molecular formula is C11H19N3O4. The number of nitrogens with two attached hydrogens (primary N) is 1. The van der Waals surface area contributed by atoms with E-state index in [2.05, 4.69) is 11.9 Å². The molecule has 0 saturated carbocycles. The molecule has 0 aromatic rings. The van der Waals surface area contributed by atoms with E-state index in [-0.39, 0.29) is 12.6 Å². The minimum Gasteiger partial charge on any atom is -0.480 e. The fourth-order valence-electron chi connectivity index (χ4n) is 1.30. The van der Waals surface area contributed by atoms with Gasteiger partial charge in [0.05, 0.1) is 6.42 Å². The van der Waals surface area contributed by atoms with Crippen LogP contribution < -0.4 is 11.1 Å². The second-order valence-corrected chi connectivity index (χ2v) is 4.05. The summed E-state index contributed by atoms with van der Waals surface area (Å²) in [5.41, 5.74) is 4.92. The Morgan fingerprint density at radius 3 is 2.33 bits per heavy atom. The van der Waals surface area contributed by atoms with Gasteiger partial charge < -0.3 is 21.1 Å². The van der Waals surface area contributed by atoms with E-state index < -0.39 is 30.4 Å². The highest BCUT2D eigenvalue weighted by Gasteiger charge is 2.25. The van der Waals surface area contributed by atoms with Gasteiger partial charge in [-0.15, -0.1) is 6.58 Å². The Labute approximate surface area is 106 Å². The van der Waals surface area contributed by atoms with Crippen molar-refractivity contribution < 1.29 is 19.5 Å². The SMILES string of the molecule is C=CCN(C(=O)N[C@@H](CC(N)=O)C(=O)O)C(C)C. The van der Waals surface area contributed by atoms with Crippen LogP contribution in [-0.4, -0.2) is 46.5 Å². The quantitative estimate of drug-likeness (QED) is 0.553. The smallest absolute Gasteiger partial charge is 0.326 e. The normalized spacial score (nSPS) is 11.7. The van der Waals surface area contributed by atoms with Gasteiger partial charge in [-0.2, -0.15) is 0 Å². The van der Waals surface area contributed by atoms with Crippen molar-refractivity contribution in [3.8, 4) is 0 Å². The van der Waals surface area contributed by atoms with Crippen molar-refractivity contribution in [2.75, 3.05) is 6.54 Å². The lowest BCUT2D eigenvalue weighted by molar-refractivity contribution is -0.141. The first-order chi connectivity index (χ1) is 8.29. The molecule has 0 aromatic heterocycles. The van der Waals surface area contributed by atoms with Crippen LogP contribution in [0.3, 0.4) is 0 Å². The number of hydrogen-bond donors (Lipinski definition) is 3. The number of aliphatic carboxylic acids is 1. The van der Waals surface area contributed by atoms with Gasteiger partial charge in [-0.05, 0) is 13.8 Å². The van der Waals surface area contributed by atoms with Gasteiger partial charge in [-0.1, -0.05) is 6.08 Å². The van der Waals surface area contributed by atoms with Crippen molar-refractivity contribution in [3.63, 3.8) is 0 Å². The number of hydrogen-bond acceptors (Lipinski definition) is 3. The van der Waals surface area contributed by atoms with E-state index in [9.17, 15) is 14.4 Å². The van der Waals surface area contributed by atoms with Crippen molar-refractivity contribution in [1.82, 2.24) is 10.2 Å². The molecule has 0 fully saturated rings. The first-order valence-electron chi connectivity index (χ1n) is 5.48. The van der Waals surface area contributed by atoms with Gasteiger partial charge in [0.2, 0.25) is 5.91 Å². The Balaban J connectivity index is 4.70. The molecule has 0 aliphatic carbocycles. The molecule has 0 radical (unpaired) electrons. The zero-order chi connectivity index (χ0) is 14.3. The molecule has 0 aliphatic heterocycles. The molecular weight excluding hydrogens is 238 g/mol. The van der Waals surface area contributed by atoms with Crippen molar-refractivity contribution in [1.29, 1.82) is 0 Å². The summed E-state index contributed by atoms with van der Waals surface area (Å²) in [6.07, 6.45) is 1.09. The Bertz CT molecular complexity index is 341. The van der Waals surface area contributed by atoms with E-state index in [1.807, 2.05) is 0 Å². The van der Waals surface area contributed by atoms with Crippen molar-refractivity contribution in [2.45, 2.75) is 32.4 Å². The number of urea groups is 1. The van der Waals surface area contributed by atoms with Gasteiger partial charge in [0.25, 0.3) is 0 Å². The number of amides is 3. The number of carbonyl (C=O) groups is 3. The second-order valence-electron chi connectivity index (χ2n) is 4.05. The maximum absolute atomic E-state index is 11.8. The molecule has 0 saturated heterocycles. The lowest BCUT2D eigenvalue weighted by atomic mass is 10.2. The minimum atomic E-state index is -1.32. The fraction of sp³-hybridized carbons (Fsp3) is 0.545. The van der Waals surface area contributed by atoms with Crippen molar-refractivity contribution in [2.24, 2.45) is 5.73 Å². The van der Waals surface area contributed by atoms with Crippen LogP contribution in [0.5, 0.6) is 0 Å². The Morgan fingerprint density at radius 1 is 1.44 bits per heavy atom. The Kier molecular flexibility index (Phi) is 6.48. The molecule has 0 unspecified atom stereocenters. The molecule has 0 aliphatic rings. The summed E-state index contributed by atoms with van der Waals surface area (Å²) >= 11 is 0. The summed E-state index contributed by atoms with van der Waals surface area (Å²) in [5.74, 6) is -2.09. The minimum absolute atomic E-state index is 0.119. The monoisotopic (exact) mass is 257 g/mol. The van der Waals surface area contributed by atoms with E-state index in [4.69, 9.17) is 10.8 Å². The first kappa shape index (κ1) is 16.0. The van der Waals surface area contributed by atoms with Crippen LogP contribution in [0.25, 0.3) is 0 Å². The van der Waals surface area contributed by atoms with E-state index >= 15 is 0 Å². The van der Waals surface area contributed by atoms with Crippen LogP contribution in [0, 0.1) is 0 Å². The molecule has 0 aromatic carbocycles. The average molecular weight is 257 g/mol. The average Bonchev–Trinajstić information content (AvgIpc) is 2.23. The maximum atomic E-state index is 11.8.